The number of nitrogens with one attached hydrogen (secondary N) is 1. The van der Waals surface area contributed by atoms with Gasteiger partial charge in [-0.25, -0.2) is 4.98 Å². The van der Waals surface area contributed by atoms with E-state index in [1.54, 1.807) is 6.33 Å². The predicted molar refractivity (Wildman–Crippen MR) is 59.5 cm³/mol. The highest BCUT2D eigenvalue weighted by Crippen LogP contribution is 2.34. The Morgan fingerprint density at radius 3 is 2.93 bits per heavy atom. The smallest absolute Gasteiger partial charge is 0.138 e. The lowest BCUT2D eigenvalue weighted by Gasteiger charge is -2.14. The van der Waals surface area contributed by atoms with Crippen molar-refractivity contribution < 1.29 is 0 Å². The zero-order valence-electron chi connectivity index (χ0n) is 9.61. The summed E-state index contributed by atoms with van der Waals surface area (Å²) in [7, 11) is 4.03. The summed E-state index contributed by atoms with van der Waals surface area (Å²) in [4.78, 5) is 4.23. The third-order valence-electron chi connectivity index (χ3n) is 3.28. The Morgan fingerprint density at radius 1 is 1.60 bits per heavy atom. The largest absolute Gasteiger partial charge is 0.317 e. The van der Waals surface area contributed by atoms with E-state index in [0.29, 0.717) is 0 Å². The maximum atomic E-state index is 4.23. The second-order valence-electron chi connectivity index (χ2n) is 4.42. The Morgan fingerprint density at radius 2 is 2.40 bits per heavy atom. The summed E-state index contributed by atoms with van der Waals surface area (Å²) in [5.41, 5.74) is 0. The van der Waals surface area contributed by atoms with Crippen LogP contribution in [0.4, 0.5) is 0 Å². The highest BCUT2D eigenvalue weighted by atomic mass is 15.3. The van der Waals surface area contributed by atoms with E-state index in [2.05, 4.69) is 22.4 Å². The summed E-state index contributed by atoms with van der Waals surface area (Å²) >= 11 is 0. The average Bonchev–Trinajstić information content (AvgIpc) is 2.99. The fraction of sp³-hybridized carbons (Fsp3) is 0.818. The van der Waals surface area contributed by atoms with Crippen molar-refractivity contribution in [2.45, 2.75) is 38.1 Å². The lowest BCUT2D eigenvalue weighted by atomic mass is 10.1. The standard InChI is InChI=1S/C11H20N4/c1-12-10(9-6-7-9)4-3-5-11-13-8-14-15(11)2/h8-10,12H,3-7H2,1-2H3. The van der Waals surface area contributed by atoms with E-state index in [9.17, 15) is 0 Å². The molecule has 2 rings (SSSR count). The van der Waals surface area contributed by atoms with Crippen LogP contribution in [0.2, 0.25) is 0 Å². The molecule has 1 saturated carbocycles. The van der Waals surface area contributed by atoms with E-state index >= 15 is 0 Å². The van der Waals surface area contributed by atoms with Crippen molar-refractivity contribution in [3.63, 3.8) is 0 Å². The molecule has 0 spiro atoms. The van der Waals surface area contributed by atoms with E-state index in [1.807, 2.05) is 11.7 Å². The quantitative estimate of drug-likeness (QED) is 0.762. The molecule has 1 fully saturated rings. The minimum absolute atomic E-state index is 0.721. The average molecular weight is 208 g/mol. The van der Waals surface area contributed by atoms with Crippen LogP contribution in [0.1, 0.15) is 31.5 Å². The molecule has 0 amide bonds. The van der Waals surface area contributed by atoms with Gasteiger partial charge in [-0.15, -0.1) is 0 Å². The summed E-state index contributed by atoms with van der Waals surface area (Å²) in [6, 6.07) is 0.721. The van der Waals surface area contributed by atoms with Gasteiger partial charge in [0.05, 0.1) is 0 Å². The molecule has 0 aliphatic heterocycles. The van der Waals surface area contributed by atoms with Gasteiger partial charge < -0.3 is 5.32 Å². The highest BCUT2D eigenvalue weighted by Gasteiger charge is 2.29. The lowest BCUT2D eigenvalue weighted by molar-refractivity contribution is 0.452. The number of rotatable bonds is 6. The van der Waals surface area contributed by atoms with Gasteiger partial charge in [0.15, 0.2) is 0 Å². The first-order chi connectivity index (χ1) is 7.31. The molecule has 1 aliphatic carbocycles. The molecule has 1 unspecified atom stereocenters. The monoisotopic (exact) mass is 208 g/mol. The van der Waals surface area contributed by atoms with Crippen LogP contribution in [0.15, 0.2) is 6.33 Å². The molecule has 1 aliphatic rings. The number of hydrogen-bond acceptors (Lipinski definition) is 3. The first kappa shape index (κ1) is 10.6. The molecule has 1 aromatic heterocycles. The van der Waals surface area contributed by atoms with E-state index in [-0.39, 0.29) is 0 Å². The zero-order valence-corrected chi connectivity index (χ0v) is 9.61. The number of hydrogen-bond donors (Lipinski definition) is 1. The van der Waals surface area contributed by atoms with Gasteiger partial charge in [-0.05, 0) is 38.6 Å². The Hall–Kier alpha value is -0.900. The van der Waals surface area contributed by atoms with Crippen molar-refractivity contribution in [2.75, 3.05) is 7.05 Å². The number of aromatic nitrogens is 3. The summed E-state index contributed by atoms with van der Waals surface area (Å²) in [5, 5.41) is 7.49. The van der Waals surface area contributed by atoms with Crippen molar-refractivity contribution in [1.82, 2.24) is 20.1 Å². The van der Waals surface area contributed by atoms with Crippen molar-refractivity contribution in [2.24, 2.45) is 13.0 Å². The Labute approximate surface area is 91.1 Å². The third kappa shape index (κ3) is 2.78. The van der Waals surface area contributed by atoms with Crippen LogP contribution in [0, 0.1) is 5.92 Å². The van der Waals surface area contributed by atoms with Gasteiger partial charge >= 0.3 is 0 Å². The van der Waals surface area contributed by atoms with Crippen molar-refractivity contribution >= 4 is 0 Å². The summed E-state index contributed by atoms with van der Waals surface area (Å²) in [6.07, 6.45) is 7.96. The highest BCUT2D eigenvalue weighted by molar-refractivity contribution is 4.88. The van der Waals surface area contributed by atoms with Gasteiger partial charge in [0.25, 0.3) is 0 Å². The van der Waals surface area contributed by atoms with E-state index in [0.717, 1.165) is 24.2 Å². The van der Waals surface area contributed by atoms with E-state index < -0.39 is 0 Å². The Bertz CT molecular complexity index is 303. The fourth-order valence-corrected chi connectivity index (χ4v) is 2.14. The predicted octanol–water partition coefficient (Wildman–Crippen LogP) is 1.14. The minimum atomic E-state index is 0.721. The van der Waals surface area contributed by atoms with Gasteiger partial charge in [0, 0.05) is 19.5 Å². The molecular formula is C11H20N4. The van der Waals surface area contributed by atoms with Crippen LogP contribution in [-0.2, 0) is 13.5 Å². The molecule has 0 radical (unpaired) electrons. The van der Waals surface area contributed by atoms with Crippen LogP contribution >= 0.6 is 0 Å². The van der Waals surface area contributed by atoms with Gasteiger partial charge in [0.2, 0.25) is 0 Å². The Balaban J connectivity index is 1.72. The molecule has 84 valence electrons. The SMILES string of the molecule is CNC(CCCc1ncnn1C)C1CC1. The molecule has 0 aromatic carbocycles. The first-order valence-electron chi connectivity index (χ1n) is 5.81. The van der Waals surface area contributed by atoms with E-state index in [4.69, 9.17) is 0 Å². The van der Waals surface area contributed by atoms with E-state index in [1.165, 1.54) is 25.7 Å². The third-order valence-corrected chi connectivity index (χ3v) is 3.28. The van der Waals surface area contributed by atoms with Crippen LogP contribution in [0.3, 0.4) is 0 Å². The number of aryl methyl sites for hydroxylation is 2. The molecule has 1 atom stereocenters. The summed E-state index contributed by atoms with van der Waals surface area (Å²) in [6.45, 7) is 0. The molecule has 15 heavy (non-hydrogen) atoms. The summed E-state index contributed by atoms with van der Waals surface area (Å²) in [5.74, 6) is 2.04. The second-order valence-corrected chi connectivity index (χ2v) is 4.42. The summed E-state index contributed by atoms with van der Waals surface area (Å²) < 4.78 is 1.87. The zero-order chi connectivity index (χ0) is 10.7. The maximum Gasteiger partial charge on any atom is 0.138 e. The second kappa shape index (κ2) is 4.75. The topological polar surface area (TPSA) is 42.7 Å². The molecule has 1 N–H and O–H groups in total. The first-order valence-corrected chi connectivity index (χ1v) is 5.81. The molecule has 4 nitrogen and oxygen atoms in total. The van der Waals surface area contributed by atoms with Gasteiger partial charge in [0.1, 0.15) is 12.2 Å². The normalized spacial score (nSPS) is 18.0. The minimum Gasteiger partial charge on any atom is -0.317 e. The molecule has 0 saturated heterocycles. The lowest BCUT2D eigenvalue weighted by Crippen LogP contribution is -2.27. The fourth-order valence-electron chi connectivity index (χ4n) is 2.14. The van der Waals surface area contributed by atoms with Gasteiger partial charge in [-0.1, -0.05) is 0 Å². The maximum absolute atomic E-state index is 4.23. The molecule has 1 heterocycles. The van der Waals surface area contributed by atoms with Gasteiger partial charge in [-0.3, -0.25) is 4.68 Å². The number of nitrogens with zero attached hydrogens (tertiary/aromatic N) is 3. The van der Waals surface area contributed by atoms with Crippen molar-refractivity contribution in [3.8, 4) is 0 Å². The van der Waals surface area contributed by atoms with Crippen LogP contribution in [-0.4, -0.2) is 27.9 Å². The van der Waals surface area contributed by atoms with Crippen molar-refractivity contribution in [3.05, 3.63) is 12.2 Å². The van der Waals surface area contributed by atoms with Crippen molar-refractivity contribution in [1.29, 1.82) is 0 Å². The molecule has 4 heteroatoms. The van der Waals surface area contributed by atoms with Crippen LogP contribution < -0.4 is 5.32 Å². The Kier molecular flexibility index (Phi) is 3.36. The molecular weight excluding hydrogens is 188 g/mol. The van der Waals surface area contributed by atoms with Crippen LogP contribution in [0.5, 0.6) is 0 Å². The van der Waals surface area contributed by atoms with Crippen LogP contribution in [0.25, 0.3) is 0 Å². The molecule has 0 bridgehead atoms. The molecule has 1 aromatic rings. The van der Waals surface area contributed by atoms with Gasteiger partial charge in [-0.2, -0.15) is 5.10 Å².